The number of Topliss-reactive ketones (excluding diaryl/α,β-unsaturated/α-hetero) is 1. The van der Waals surface area contributed by atoms with Crippen LogP contribution in [-0.2, 0) is 9.53 Å². The van der Waals surface area contributed by atoms with Gasteiger partial charge >= 0.3 is 6.09 Å². The third-order valence-corrected chi connectivity index (χ3v) is 3.65. The molecule has 1 aliphatic carbocycles. The van der Waals surface area contributed by atoms with Crippen LogP contribution >= 0.6 is 0 Å². The fourth-order valence-corrected chi connectivity index (χ4v) is 2.68. The van der Waals surface area contributed by atoms with E-state index in [4.69, 9.17) is 4.74 Å². The summed E-state index contributed by atoms with van der Waals surface area (Å²) in [5, 5.41) is 2.74. The Morgan fingerprint density at radius 2 is 1.75 bits per heavy atom. The van der Waals surface area contributed by atoms with Gasteiger partial charge in [0.25, 0.3) is 0 Å². The van der Waals surface area contributed by atoms with Crippen LogP contribution in [0.5, 0.6) is 0 Å². The van der Waals surface area contributed by atoms with Crippen LogP contribution in [0, 0.1) is 11.8 Å². The van der Waals surface area contributed by atoms with Crippen molar-refractivity contribution in [2.24, 2.45) is 11.8 Å². The Kier molecular flexibility index (Phi) is 6.03. The minimum atomic E-state index is -0.542. The Hall–Kier alpha value is -1.06. The van der Waals surface area contributed by atoms with E-state index < -0.39 is 17.7 Å². The molecule has 1 saturated carbocycles. The Labute approximate surface area is 122 Å². The van der Waals surface area contributed by atoms with Gasteiger partial charge in [0.15, 0.2) is 5.78 Å². The number of carbonyl (C=O) groups excluding carboxylic acids is 2. The second-order valence-electron chi connectivity index (χ2n) is 7.19. The molecule has 1 amide bonds. The maximum atomic E-state index is 12.4. The predicted octanol–water partition coefficient (Wildman–Crippen LogP) is 3.69. The van der Waals surface area contributed by atoms with Crippen molar-refractivity contribution in [3.8, 4) is 0 Å². The summed E-state index contributed by atoms with van der Waals surface area (Å²) in [4.78, 5) is 24.2. The molecule has 0 aromatic heterocycles. The van der Waals surface area contributed by atoms with Crippen LogP contribution in [0.2, 0.25) is 0 Å². The van der Waals surface area contributed by atoms with E-state index in [0.29, 0.717) is 12.3 Å². The van der Waals surface area contributed by atoms with E-state index in [0.717, 1.165) is 12.8 Å². The summed E-state index contributed by atoms with van der Waals surface area (Å²) >= 11 is 0. The fourth-order valence-electron chi connectivity index (χ4n) is 2.68. The van der Waals surface area contributed by atoms with Gasteiger partial charge in [-0.25, -0.2) is 4.79 Å². The molecular weight excluding hydrogens is 254 g/mol. The number of alkyl carbamates (subject to hydrolysis) is 1. The summed E-state index contributed by atoms with van der Waals surface area (Å²) < 4.78 is 5.24. The first kappa shape index (κ1) is 17.0. The van der Waals surface area contributed by atoms with Crippen molar-refractivity contribution < 1.29 is 14.3 Å². The van der Waals surface area contributed by atoms with Gasteiger partial charge in [0, 0.05) is 6.42 Å². The topological polar surface area (TPSA) is 55.4 Å². The van der Waals surface area contributed by atoms with Gasteiger partial charge in [-0.15, -0.1) is 0 Å². The maximum absolute atomic E-state index is 12.4. The van der Waals surface area contributed by atoms with Crippen molar-refractivity contribution in [1.82, 2.24) is 5.32 Å². The van der Waals surface area contributed by atoms with E-state index in [1.165, 1.54) is 12.8 Å². The van der Waals surface area contributed by atoms with Crippen LogP contribution in [0.1, 0.15) is 66.7 Å². The smallest absolute Gasteiger partial charge is 0.408 e. The number of carbonyl (C=O) groups is 2. The van der Waals surface area contributed by atoms with E-state index in [2.05, 4.69) is 5.32 Å². The molecule has 0 aromatic rings. The molecule has 0 bridgehead atoms. The second-order valence-corrected chi connectivity index (χ2v) is 7.19. The first-order valence-electron chi connectivity index (χ1n) is 7.71. The summed E-state index contributed by atoms with van der Waals surface area (Å²) in [6, 6.07) is -0.439. The summed E-state index contributed by atoms with van der Waals surface area (Å²) in [6.07, 6.45) is 4.81. The van der Waals surface area contributed by atoms with Crippen LogP contribution < -0.4 is 5.32 Å². The molecule has 1 fully saturated rings. The van der Waals surface area contributed by atoms with Gasteiger partial charge in [-0.1, -0.05) is 39.5 Å². The van der Waals surface area contributed by atoms with Crippen molar-refractivity contribution in [3.63, 3.8) is 0 Å². The molecule has 1 atom stereocenters. The lowest BCUT2D eigenvalue weighted by Gasteiger charge is -2.25. The lowest BCUT2D eigenvalue weighted by molar-refractivity contribution is -0.123. The van der Waals surface area contributed by atoms with Crippen molar-refractivity contribution in [2.45, 2.75) is 78.4 Å². The standard InChI is InChI=1S/C16H29NO3/c1-11(2)14(17-15(19)20-16(3,4)5)13(18)10-12-8-6-7-9-12/h11-12,14H,6-10H2,1-5H3,(H,17,19)/t14-/m1/s1. The normalized spacial score (nSPS) is 18.1. The second kappa shape index (κ2) is 7.09. The highest BCUT2D eigenvalue weighted by Gasteiger charge is 2.29. The highest BCUT2D eigenvalue weighted by molar-refractivity contribution is 5.87. The molecule has 116 valence electrons. The van der Waals surface area contributed by atoms with E-state index in [9.17, 15) is 9.59 Å². The van der Waals surface area contributed by atoms with Gasteiger partial charge < -0.3 is 10.1 Å². The predicted molar refractivity (Wildman–Crippen MR) is 79.6 cm³/mol. The Balaban J connectivity index is 2.54. The van der Waals surface area contributed by atoms with Crippen LogP contribution in [0.4, 0.5) is 4.79 Å². The van der Waals surface area contributed by atoms with Gasteiger partial charge in [0.05, 0.1) is 6.04 Å². The zero-order valence-corrected chi connectivity index (χ0v) is 13.5. The Morgan fingerprint density at radius 1 is 1.20 bits per heavy atom. The van der Waals surface area contributed by atoms with Gasteiger partial charge in [0.1, 0.15) is 5.60 Å². The van der Waals surface area contributed by atoms with Crippen molar-refractivity contribution in [2.75, 3.05) is 0 Å². The molecule has 0 radical (unpaired) electrons. The number of ketones is 1. The molecule has 1 N–H and O–H groups in total. The molecule has 0 aliphatic heterocycles. The molecule has 0 spiro atoms. The van der Waals surface area contributed by atoms with E-state index in [1.54, 1.807) is 0 Å². The summed E-state index contributed by atoms with van der Waals surface area (Å²) in [5.74, 6) is 0.721. The third-order valence-electron chi connectivity index (χ3n) is 3.65. The zero-order chi connectivity index (χ0) is 15.3. The maximum Gasteiger partial charge on any atom is 0.408 e. The Morgan fingerprint density at radius 3 is 2.20 bits per heavy atom. The molecule has 20 heavy (non-hydrogen) atoms. The highest BCUT2D eigenvalue weighted by Crippen LogP contribution is 2.28. The summed E-state index contributed by atoms with van der Waals surface area (Å²) in [5.41, 5.74) is -0.542. The molecule has 0 heterocycles. The molecule has 4 nitrogen and oxygen atoms in total. The quantitative estimate of drug-likeness (QED) is 0.837. The minimum Gasteiger partial charge on any atom is -0.444 e. The average Bonchev–Trinajstić information content (AvgIpc) is 2.75. The number of hydrogen-bond acceptors (Lipinski definition) is 3. The lowest BCUT2D eigenvalue weighted by atomic mass is 9.92. The van der Waals surface area contributed by atoms with Gasteiger partial charge in [-0.3, -0.25) is 4.79 Å². The first-order valence-corrected chi connectivity index (χ1v) is 7.71. The minimum absolute atomic E-state index is 0.0800. The number of hydrogen-bond donors (Lipinski definition) is 1. The number of rotatable bonds is 5. The summed E-state index contributed by atoms with van der Waals surface area (Å²) in [6.45, 7) is 9.36. The van der Waals surface area contributed by atoms with Crippen LogP contribution in [-0.4, -0.2) is 23.5 Å². The SMILES string of the molecule is CC(C)[C@@H](NC(=O)OC(C)(C)C)C(=O)CC1CCCC1. The van der Waals surface area contributed by atoms with Gasteiger partial charge in [-0.2, -0.15) is 0 Å². The fraction of sp³-hybridized carbons (Fsp3) is 0.875. The molecule has 0 unspecified atom stereocenters. The average molecular weight is 283 g/mol. The van der Waals surface area contributed by atoms with Crippen molar-refractivity contribution >= 4 is 11.9 Å². The number of nitrogens with one attached hydrogen (secondary N) is 1. The van der Waals surface area contributed by atoms with Gasteiger partial charge in [-0.05, 0) is 32.6 Å². The van der Waals surface area contributed by atoms with Crippen LogP contribution in [0.25, 0.3) is 0 Å². The molecule has 1 aliphatic rings. The summed E-state index contributed by atoms with van der Waals surface area (Å²) in [7, 11) is 0. The van der Waals surface area contributed by atoms with Crippen LogP contribution in [0.3, 0.4) is 0 Å². The van der Waals surface area contributed by atoms with E-state index >= 15 is 0 Å². The lowest BCUT2D eigenvalue weighted by Crippen LogP contribution is -2.46. The number of ether oxygens (including phenoxy) is 1. The number of amides is 1. The third kappa shape index (κ3) is 5.93. The monoisotopic (exact) mass is 283 g/mol. The zero-order valence-electron chi connectivity index (χ0n) is 13.5. The van der Waals surface area contributed by atoms with Gasteiger partial charge in [0.2, 0.25) is 0 Å². The molecule has 4 heteroatoms. The largest absolute Gasteiger partial charge is 0.444 e. The van der Waals surface area contributed by atoms with Crippen molar-refractivity contribution in [1.29, 1.82) is 0 Å². The van der Waals surface area contributed by atoms with E-state index in [1.807, 2.05) is 34.6 Å². The highest BCUT2D eigenvalue weighted by atomic mass is 16.6. The molecule has 0 aromatic carbocycles. The first-order chi connectivity index (χ1) is 9.19. The molecule has 0 saturated heterocycles. The Bertz CT molecular complexity index is 338. The van der Waals surface area contributed by atoms with Crippen molar-refractivity contribution in [3.05, 3.63) is 0 Å². The van der Waals surface area contributed by atoms with E-state index in [-0.39, 0.29) is 11.7 Å². The van der Waals surface area contributed by atoms with Crippen LogP contribution in [0.15, 0.2) is 0 Å². The molecular formula is C16H29NO3. The molecule has 1 rings (SSSR count).